The normalized spacial score (nSPS) is 13.5. The van der Waals surface area contributed by atoms with Crippen LogP contribution in [0, 0.1) is 5.41 Å². The van der Waals surface area contributed by atoms with E-state index in [2.05, 4.69) is 0 Å². The molecule has 1 atom stereocenters. The first-order valence-corrected chi connectivity index (χ1v) is 7.33. The van der Waals surface area contributed by atoms with Crippen molar-refractivity contribution in [3.8, 4) is 0 Å². The molecule has 2 rings (SSSR count). The first kappa shape index (κ1) is 16.2. The summed E-state index contributed by atoms with van der Waals surface area (Å²) in [6.45, 7) is 5.40. The van der Waals surface area contributed by atoms with Gasteiger partial charge in [0.05, 0.1) is 18.6 Å². The van der Waals surface area contributed by atoms with Crippen molar-refractivity contribution >= 4 is 22.8 Å². The van der Waals surface area contributed by atoms with Gasteiger partial charge in [-0.25, -0.2) is 0 Å². The van der Waals surface area contributed by atoms with E-state index in [9.17, 15) is 9.90 Å². The predicted octanol–water partition coefficient (Wildman–Crippen LogP) is 4.11. The summed E-state index contributed by atoms with van der Waals surface area (Å²) in [6.07, 6.45) is 3.28. The Morgan fingerprint density at radius 3 is 2.50 bits per heavy atom. The van der Waals surface area contributed by atoms with Gasteiger partial charge in [-0.05, 0) is 54.8 Å². The summed E-state index contributed by atoms with van der Waals surface area (Å²) in [5.41, 5.74) is 1.24. The first-order chi connectivity index (χ1) is 10.3. The third kappa shape index (κ3) is 3.55. The van der Waals surface area contributed by atoms with Crippen molar-refractivity contribution in [2.24, 2.45) is 5.41 Å². The molecule has 0 aromatic heterocycles. The smallest absolute Gasteiger partial charge is 0.315 e. The Hall–Kier alpha value is -2.13. The van der Waals surface area contributed by atoms with Crippen LogP contribution in [-0.2, 0) is 9.53 Å². The predicted molar refractivity (Wildman–Crippen MR) is 89.4 cm³/mol. The molecule has 0 aliphatic heterocycles. The molecule has 0 unspecified atom stereocenters. The van der Waals surface area contributed by atoms with Gasteiger partial charge in [-0.2, -0.15) is 0 Å². The SMILES string of the molecule is COC(=O)C(C)(C)/C=C/c1ccc2ccc([C@@H](C)O)cc2c1. The molecule has 2 aromatic rings. The molecule has 0 saturated heterocycles. The number of aliphatic hydroxyl groups excluding tert-OH is 1. The monoisotopic (exact) mass is 298 g/mol. The zero-order valence-corrected chi connectivity index (χ0v) is 13.5. The molecule has 2 aromatic carbocycles. The number of rotatable bonds is 4. The van der Waals surface area contributed by atoms with Crippen LogP contribution in [0.5, 0.6) is 0 Å². The number of benzene rings is 2. The van der Waals surface area contributed by atoms with Crippen molar-refractivity contribution in [1.82, 2.24) is 0 Å². The number of methoxy groups -OCH3 is 1. The summed E-state index contributed by atoms with van der Waals surface area (Å²) < 4.78 is 4.80. The van der Waals surface area contributed by atoms with Crippen molar-refractivity contribution in [1.29, 1.82) is 0 Å². The van der Waals surface area contributed by atoms with Crippen molar-refractivity contribution in [3.05, 3.63) is 53.6 Å². The summed E-state index contributed by atoms with van der Waals surface area (Å²) >= 11 is 0. The zero-order valence-electron chi connectivity index (χ0n) is 13.5. The molecule has 22 heavy (non-hydrogen) atoms. The van der Waals surface area contributed by atoms with E-state index >= 15 is 0 Å². The summed E-state index contributed by atoms with van der Waals surface area (Å²) in [4.78, 5) is 11.7. The molecule has 3 nitrogen and oxygen atoms in total. The molecule has 0 aliphatic rings. The molecule has 0 saturated carbocycles. The maximum Gasteiger partial charge on any atom is 0.315 e. The second-order valence-corrected chi connectivity index (χ2v) is 6.09. The Bertz CT molecular complexity index is 712. The number of carbonyl (C=O) groups excluding carboxylic acids is 1. The van der Waals surface area contributed by atoms with Crippen molar-refractivity contribution in [3.63, 3.8) is 0 Å². The van der Waals surface area contributed by atoms with Crippen LogP contribution in [0.15, 0.2) is 42.5 Å². The van der Waals surface area contributed by atoms with Crippen LogP contribution in [0.4, 0.5) is 0 Å². The average molecular weight is 298 g/mol. The topological polar surface area (TPSA) is 46.5 Å². The Morgan fingerprint density at radius 2 is 1.86 bits per heavy atom. The van der Waals surface area contributed by atoms with Crippen LogP contribution in [0.25, 0.3) is 16.8 Å². The van der Waals surface area contributed by atoms with Crippen LogP contribution in [0.3, 0.4) is 0 Å². The Balaban J connectivity index is 2.34. The number of ether oxygens (including phenoxy) is 1. The Labute approximate surface area is 131 Å². The minimum absolute atomic E-state index is 0.263. The van der Waals surface area contributed by atoms with Gasteiger partial charge < -0.3 is 9.84 Å². The highest BCUT2D eigenvalue weighted by molar-refractivity contribution is 5.86. The third-order valence-electron chi connectivity index (χ3n) is 3.77. The minimum atomic E-state index is -0.662. The van der Waals surface area contributed by atoms with Gasteiger partial charge in [0.15, 0.2) is 0 Å². The third-order valence-corrected chi connectivity index (χ3v) is 3.77. The maximum atomic E-state index is 11.7. The van der Waals surface area contributed by atoms with E-state index in [1.165, 1.54) is 7.11 Å². The van der Waals surface area contributed by atoms with E-state index in [-0.39, 0.29) is 5.97 Å². The molecular formula is C19H22O3. The molecule has 0 amide bonds. The van der Waals surface area contributed by atoms with Crippen LogP contribution in [0.2, 0.25) is 0 Å². The summed E-state index contributed by atoms with van der Waals surface area (Å²) in [5, 5.41) is 11.9. The number of fused-ring (bicyclic) bond motifs is 1. The lowest BCUT2D eigenvalue weighted by Crippen LogP contribution is -2.22. The lowest BCUT2D eigenvalue weighted by Gasteiger charge is -2.16. The maximum absolute atomic E-state index is 11.7. The highest BCUT2D eigenvalue weighted by Crippen LogP contribution is 2.24. The van der Waals surface area contributed by atoms with Gasteiger partial charge in [-0.3, -0.25) is 4.79 Å². The molecule has 0 heterocycles. The van der Waals surface area contributed by atoms with Crippen LogP contribution < -0.4 is 0 Å². The average Bonchev–Trinajstić information content (AvgIpc) is 2.51. The van der Waals surface area contributed by atoms with Gasteiger partial charge in [0.2, 0.25) is 0 Å². The van der Waals surface area contributed by atoms with Gasteiger partial charge in [0.1, 0.15) is 0 Å². The second kappa shape index (κ2) is 6.32. The van der Waals surface area contributed by atoms with E-state index in [0.717, 1.165) is 21.9 Å². The quantitative estimate of drug-likeness (QED) is 0.864. The summed E-state index contributed by atoms with van der Waals surface area (Å²) in [7, 11) is 1.39. The molecule has 0 aliphatic carbocycles. The second-order valence-electron chi connectivity index (χ2n) is 6.09. The van der Waals surface area contributed by atoms with Gasteiger partial charge >= 0.3 is 5.97 Å². The fourth-order valence-electron chi connectivity index (χ4n) is 2.28. The molecule has 0 fully saturated rings. The van der Waals surface area contributed by atoms with Crippen LogP contribution >= 0.6 is 0 Å². The molecule has 0 bridgehead atoms. The number of hydrogen-bond acceptors (Lipinski definition) is 3. The Kier molecular flexibility index (Phi) is 4.67. The molecule has 116 valence electrons. The number of carbonyl (C=O) groups is 1. The van der Waals surface area contributed by atoms with E-state index < -0.39 is 11.5 Å². The first-order valence-electron chi connectivity index (χ1n) is 7.33. The highest BCUT2D eigenvalue weighted by Gasteiger charge is 2.24. The number of hydrogen-bond donors (Lipinski definition) is 1. The summed E-state index contributed by atoms with van der Waals surface area (Å²) in [5.74, 6) is -0.263. The van der Waals surface area contributed by atoms with Gasteiger partial charge in [-0.1, -0.05) is 36.4 Å². The van der Waals surface area contributed by atoms with Crippen LogP contribution in [0.1, 0.15) is 38.0 Å². The highest BCUT2D eigenvalue weighted by atomic mass is 16.5. The standard InChI is InChI=1S/C19H22O3/c1-13(20)16-8-7-15-6-5-14(11-17(15)12-16)9-10-19(2,3)18(21)22-4/h5-13,20H,1-4H3/b10-9+/t13-/m1/s1. The lowest BCUT2D eigenvalue weighted by molar-refractivity contribution is -0.148. The number of esters is 1. The number of aliphatic hydroxyl groups is 1. The fourth-order valence-corrected chi connectivity index (χ4v) is 2.28. The van der Waals surface area contributed by atoms with Crippen molar-refractivity contribution < 1.29 is 14.6 Å². The van der Waals surface area contributed by atoms with Gasteiger partial charge in [-0.15, -0.1) is 0 Å². The van der Waals surface area contributed by atoms with E-state index in [1.807, 2.05) is 62.4 Å². The zero-order chi connectivity index (χ0) is 16.3. The lowest BCUT2D eigenvalue weighted by atomic mass is 9.92. The fraction of sp³-hybridized carbons (Fsp3) is 0.316. The molecule has 0 radical (unpaired) electrons. The minimum Gasteiger partial charge on any atom is -0.468 e. The van der Waals surface area contributed by atoms with Crippen LogP contribution in [-0.4, -0.2) is 18.2 Å². The molecule has 1 N–H and O–H groups in total. The molecule has 0 spiro atoms. The Morgan fingerprint density at radius 1 is 1.18 bits per heavy atom. The van der Waals surface area contributed by atoms with E-state index in [4.69, 9.17) is 4.74 Å². The summed E-state index contributed by atoms with van der Waals surface area (Å²) in [6, 6.07) is 12.0. The van der Waals surface area contributed by atoms with Gasteiger partial charge in [0.25, 0.3) is 0 Å². The van der Waals surface area contributed by atoms with Gasteiger partial charge in [0, 0.05) is 0 Å². The van der Waals surface area contributed by atoms with Crippen molar-refractivity contribution in [2.45, 2.75) is 26.9 Å². The van der Waals surface area contributed by atoms with E-state index in [0.29, 0.717) is 0 Å². The molecule has 3 heteroatoms. The van der Waals surface area contributed by atoms with E-state index in [1.54, 1.807) is 6.92 Å². The largest absolute Gasteiger partial charge is 0.468 e. The molecular weight excluding hydrogens is 276 g/mol. The van der Waals surface area contributed by atoms with Crippen molar-refractivity contribution in [2.75, 3.05) is 7.11 Å².